The predicted molar refractivity (Wildman–Crippen MR) is 38.7 cm³/mol. The molecule has 0 heterocycles. The highest BCUT2D eigenvalue weighted by Gasteiger charge is 1.87. The van der Waals surface area contributed by atoms with Crippen molar-refractivity contribution in [3.8, 4) is 0 Å². The summed E-state index contributed by atoms with van der Waals surface area (Å²) < 4.78 is 4.99. The fourth-order valence-corrected chi connectivity index (χ4v) is 0.455. The van der Waals surface area contributed by atoms with Gasteiger partial charge >= 0.3 is 0 Å². The van der Waals surface area contributed by atoms with Gasteiger partial charge in [-0.15, -0.1) is 0 Å². The van der Waals surface area contributed by atoms with Crippen molar-refractivity contribution in [1.29, 1.82) is 0 Å². The van der Waals surface area contributed by atoms with Gasteiger partial charge in [0.25, 0.3) is 0 Å². The van der Waals surface area contributed by atoms with Gasteiger partial charge in [0.15, 0.2) is 0 Å². The van der Waals surface area contributed by atoms with Crippen LogP contribution in [0.25, 0.3) is 0 Å². The molecule has 0 aliphatic heterocycles. The molecule has 54 valence electrons. The average Bonchev–Trinajstić information content (AvgIpc) is 1.85. The van der Waals surface area contributed by atoms with E-state index in [0.29, 0.717) is 19.0 Å². The van der Waals surface area contributed by atoms with E-state index in [1.165, 1.54) is 0 Å². The van der Waals surface area contributed by atoms with Crippen molar-refractivity contribution < 1.29 is 4.74 Å². The zero-order chi connectivity index (χ0) is 7.11. The zero-order valence-corrected chi connectivity index (χ0v) is 6.05. The third-order valence-corrected chi connectivity index (χ3v) is 0.815. The molecule has 0 spiro atoms. The maximum atomic E-state index is 5.40. The highest BCUT2D eigenvalue weighted by Crippen LogP contribution is 1.74. The van der Waals surface area contributed by atoms with Crippen LogP contribution in [-0.4, -0.2) is 25.6 Å². The fourth-order valence-electron chi connectivity index (χ4n) is 0.455. The molecule has 0 radical (unpaired) electrons. The van der Waals surface area contributed by atoms with Crippen LogP contribution in [0.2, 0.25) is 0 Å². The van der Waals surface area contributed by atoms with Crippen molar-refractivity contribution in [2.45, 2.75) is 13.8 Å². The van der Waals surface area contributed by atoms with E-state index in [1.54, 1.807) is 0 Å². The zero-order valence-electron chi connectivity index (χ0n) is 6.05. The fraction of sp³-hybridized carbons (Fsp3) is 0.833. The molecule has 0 unspecified atom stereocenters. The Bertz CT molecular complexity index is 91.1. The lowest BCUT2D eigenvalue weighted by atomic mass is 10.6. The van der Waals surface area contributed by atoms with Gasteiger partial charge in [0.1, 0.15) is 12.4 Å². The Morgan fingerprint density at radius 2 is 2.22 bits per heavy atom. The Labute approximate surface area is 55.9 Å². The quantitative estimate of drug-likeness (QED) is 0.442. The molecule has 0 bridgehead atoms. The molecule has 0 aromatic carbocycles. The first-order chi connectivity index (χ1) is 4.31. The Balaban J connectivity index is 3.25. The van der Waals surface area contributed by atoms with Crippen molar-refractivity contribution in [3.05, 3.63) is 0 Å². The molecule has 2 N–H and O–H groups in total. The van der Waals surface area contributed by atoms with Gasteiger partial charge in [0.2, 0.25) is 0 Å². The number of aliphatic imine (C=N–C) groups is 1. The lowest BCUT2D eigenvalue weighted by Crippen LogP contribution is -2.19. The number of hydrogen-bond acceptors (Lipinski definition) is 2. The standard InChI is InChI=1S/C6H14N2O/c1-3-8-6(7)5-9-4-2/h3-5H2,1-2H3,(H2,7,8). The molecular formula is C6H14N2O. The molecule has 0 aromatic rings. The van der Waals surface area contributed by atoms with Crippen molar-refractivity contribution in [1.82, 2.24) is 0 Å². The van der Waals surface area contributed by atoms with Gasteiger partial charge in [-0.05, 0) is 13.8 Å². The van der Waals surface area contributed by atoms with Gasteiger partial charge in [-0.2, -0.15) is 0 Å². The molecule has 0 aliphatic carbocycles. The molecule has 3 nitrogen and oxygen atoms in total. The molecule has 9 heavy (non-hydrogen) atoms. The summed E-state index contributed by atoms with van der Waals surface area (Å²) in [5.41, 5.74) is 5.40. The minimum absolute atomic E-state index is 0.463. The summed E-state index contributed by atoms with van der Waals surface area (Å²) >= 11 is 0. The summed E-state index contributed by atoms with van der Waals surface area (Å²) in [6.07, 6.45) is 0. The van der Waals surface area contributed by atoms with E-state index in [2.05, 4.69) is 4.99 Å². The van der Waals surface area contributed by atoms with Crippen molar-refractivity contribution in [2.24, 2.45) is 10.7 Å². The summed E-state index contributed by atoms with van der Waals surface area (Å²) in [5.74, 6) is 0.583. The maximum absolute atomic E-state index is 5.40. The number of amidine groups is 1. The summed E-state index contributed by atoms with van der Waals surface area (Å²) in [4.78, 5) is 3.93. The molecule has 0 saturated heterocycles. The van der Waals surface area contributed by atoms with Crippen molar-refractivity contribution >= 4 is 5.84 Å². The van der Waals surface area contributed by atoms with E-state index in [9.17, 15) is 0 Å². The molecule has 0 aromatic heterocycles. The van der Waals surface area contributed by atoms with Crippen molar-refractivity contribution in [2.75, 3.05) is 19.8 Å². The van der Waals surface area contributed by atoms with E-state index in [1.807, 2.05) is 13.8 Å². The number of hydrogen-bond donors (Lipinski definition) is 1. The van der Waals surface area contributed by atoms with Crippen LogP contribution in [0.3, 0.4) is 0 Å². The molecule has 0 saturated carbocycles. The van der Waals surface area contributed by atoms with E-state index in [-0.39, 0.29) is 0 Å². The van der Waals surface area contributed by atoms with Crippen LogP contribution in [0.4, 0.5) is 0 Å². The van der Waals surface area contributed by atoms with E-state index >= 15 is 0 Å². The van der Waals surface area contributed by atoms with Crippen LogP contribution in [0, 0.1) is 0 Å². The van der Waals surface area contributed by atoms with E-state index in [4.69, 9.17) is 10.5 Å². The number of rotatable bonds is 4. The van der Waals surface area contributed by atoms with Gasteiger partial charge in [0, 0.05) is 13.2 Å². The molecule has 3 heteroatoms. The lowest BCUT2D eigenvalue weighted by Gasteiger charge is -1.98. The van der Waals surface area contributed by atoms with Gasteiger partial charge in [0.05, 0.1) is 0 Å². The maximum Gasteiger partial charge on any atom is 0.120 e. The topological polar surface area (TPSA) is 47.6 Å². The van der Waals surface area contributed by atoms with Crippen LogP contribution in [-0.2, 0) is 4.74 Å². The minimum atomic E-state index is 0.463. The Morgan fingerprint density at radius 1 is 1.56 bits per heavy atom. The first kappa shape index (κ1) is 8.43. The smallest absolute Gasteiger partial charge is 0.120 e. The first-order valence-electron chi connectivity index (χ1n) is 3.17. The third-order valence-electron chi connectivity index (χ3n) is 0.815. The van der Waals surface area contributed by atoms with E-state index < -0.39 is 0 Å². The van der Waals surface area contributed by atoms with Crippen LogP contribution in [0.15, 0.2) is 4.99 Å². The second kappa shape index (κ2) is 5.56. The highest BCUT2D eigenvalue weighted by molar-refractivity contribution is 5.81. The largest absolute Gasteiger partial charge is 0.386 e. The highest BCUT2D eigenvalue weighted by atomic mass is 16.5. The Hall–Kier alpha value is -0.570. The Morgan fingerprint density at radius 3 is 2.67 bits per heavy atom. The van der Waals surface area contributed by atoms with Crippen LogP contribution in [0.1, 0.15) is 13.8 Å². The SMILES string of the molecule is CCN=C(N)COCC. The molecule has 0 amide bonds. The van der Waals surface area contributed by atoms with Crippen molar-refractivity contribution in [3.63, 3.8) is 0 Å². The molecular weight excluding hydrogens is 116 g/mol. The Kier molecular flexibility index (Phi) is 5.21. The summed E-state index contributed by atoms with van der Waals surface area (Å²) in [7, 11) is 0. The summed E-state index contributed by atoms with van der Waals surface area (Å²) in [5, 5.41) is 0. The van der Waals surface area contributed by atoms with Gasteiger partial charge < -0.3 is 10.5 Å². The normalized spacial score (nSPS) is 12.0. The number of nitrogens with zero attached hydrogens (tertiary/aromatic N) is 1. The lowest BCUT2D eigenvalue weighted by molar-refractivity contribution is 0.186. The third kappa shape index (κ3) is 5.30. The van der Waals surface area contributed by atoms with E-state index in [0.717, 1.165) is 6.54 Å². The van der Waals surface area contributed by atoms with Gasteiger partial charge in [-0.1, -0.05) is 0 Å². The second-order valence-electron chi connectivity index (χ2n) is 1.60. The molecule has 0 fully saturated rings. The van der Waals surface area contributed by atoms with Crippen LogP contribution in [0.5, 0.6) is 0 Å². The number of nitrogens with two attached hydrogens (primary N) is 1. The molecule has 0 atom stereocenters. The monoisotopic (exact) mass is 130 g/mol. The summed E-state index contributed by atoms with van der Waals surface area (Å²) in [6, 6.07) is 0. The van der Waals surface area contributed by atoms with Crippen LogP contribution < -0.4 is 5.73 Å². The summed E-state index contributed by atoms with van der Waals surface area (Å²) in [6.45, 7) is 5.77. The number of ether oxygens (including phenoxy) is 1. The molecule has 0 aliphatic rings. The van der Waals surface area contributed by atoms with Crippen LogP contribution >= 0.6 is 0 Å². The average molecular weight is 130 g/mol. The first-order valence-corrected chi connectivity index (χ1v) is 3.17. The predicted octanol–water partition coefficient (Wildman–Crippen LogP) is 0.400. The van der Waals surface area contributed by atoms with Gasteiger partial charge in [-0.25, -0.2) is 0 Å². The minimum Gasteiger partial charge on any atom is -0.386 e. The second-order valence-corrected chi connectivity index (χ2v) is 1.60. The van der Waals surface area contributed by atoms with Gasteiger partial charge in [-0.3, -0.25) is 4.99 Å². The molecule has 0 rings (SSSR count).